The van der Waals surface area contributed by atoms with E-state index in [1.54, 1.807) is 36.0 Å². The lowest BCUT2D eigenvalue weighted by Gasteiger charge is -2.13. The van der Waals surface area contributed by atoms with Crippen LogP contribution in [0, 0.1) is 0 Å². The number of aromatic nitrogens is 2. The minimum atomic E-state index is -4.95. The summed E-state index contributed by atoms with van der Waals surface area (Å²) in [6, 6.07) is 11.7. The van der Waals surface area contributed by atoms with Gasteiger partial charge in [-0.15, -0.1) is 0 Å². The van der Waals surface area contributed by atoms with Crippen LogP contribution in [0.15, 0.2) is 53.4 Å². The normalized spacial score (nSPS) is 13.5. The van der Waals surface area contributed by atoms with Gasteiger partial charge >= 0.3 is 5.76 Å². The minimum absolute atomic E-state index is 0.353. The monoisotopic (exact) mass is 469 g/mol. The first kappa shape index (κ1) is 20.8. The molecule has 1 amide bonds. The highest BCUT2D eigenvalue weighted by atomic mass is 35.5. The zero-order valence-corrected chi connectivity index (χ0v) is 17.6. The summed E-state index contributed by atoms with van der Waals surface area (Å²) in [5, 5.41) is 7.68. The molecule has 6 nitrogen and oxygen atoms in total. The Labute approximate surface area is 180 Å². The van der Waals surface area contributed by atoms with E-state index in [2.05, 4.69) is 10.4 Å². The highest BCUT2D eigenvalue weighted by Gasteiger charge is 2.32. The van der Waals surface area contributed by atoms with E-state index in [0.717, 1.165) is 17.3 Å². The fourth-order valence-electron chi connectivity index (χ4n) is 3.11. The van der Waals surface area contributed by atoms with Crippen molar-refractivity contribution in [2.24, 2.45) is 0 Å². The van der Waals surface area contributed by atoms with E-state index in [-0.39, 0.29) is 5.56 Å². The van der Waals surface area contributed by atoms with Crippen LogP contribution in [-0.4, -0.2) is 29.9 Å². The van der Waals surface area contributed by atoms with Crippen molar-refractivity contribution >= 4 is 44.9 Å². The summed E-state index contributed by atoms with van der Waals surface area (Å²) in [5.74, 6) is -2.85. The van der Waals surface area contributed by atoms with E-state index in [0.29, 0.717) is 28.0 Å². The summed E-state index contributed by atoms with van der Waals surface area (Å²) < 4.78 is 51.7. The van der Waals surface area contributed by atoms with Crippen molar-refractivity contribution in [1.29, 1.82) is 0 Å². The second kappa shape index (κ2) is 8.01. The fraction of sp³-hybridized carbons (Fsp3) is 0.158. The van der Waals surface area contributed by atoms with Crippen LogP contribution in [0.25, 0.3) is 5.69 Å². The SMILES string of the molecule is O=C(Nc1c2c(nn1-c1cccc(Cl)c1)CSC2)c1ccccc1S(=O)(=O)C(F)F. The Bertz CT molecular complexity index is 1250. The van der Waals surface area contributed by atoms with Crippen LogP contribution >= 0.6 is 23.4 Å². The third-order valence-electron chi connectivity index (χ3n) is 4.51. The predicted molar refractivity (Wildman–Crippen MR) is 111 cm³/mol. The van der Waals surface area contributed by atoms with Gasteiger partial charge in [-0.2, -0.15) is 25.6 Å². The van der Waals surface area contributed by atoms with Crippen molar-refractivity contribution in [2.45, 2.75) is 22.2 Å². The average Bonchev–Trinajstić information content (AvgIpc) is 3.30. The number of nitrogens with zero attached hydrogens (tertiary/aromatic N) is 2. The molecular weight excluding hydrogens is 456 g/mol. The highest BCUT2D eigenvalue weighted by molar-refractivity contribution is 7.98. The molecule has 2 aromatic carbocycles. The first-order valence-corrected chi connectivity index (χ1v) is 11.7. The van der Waals surface area contributed by atoms with Gasteiger partial charge in [0, 0.05) is 22.1 Å². The highest BCUT2D eigenvalue weighted by Crippen LogP contribution is 2.36. The van der Waals surface area contributed by atoms with Gasteiger partial charge in [0.25, 0.3) is 5.91 Å². The van der Waals surface area contributed by atoms with Crippen molar-refractivity contribution in [3.8, 4) is 5.69 Å². The summed E-state index contributed by atoms with van der Waals surface area (Å²) in [5.41, 5.74) is 1.81. The molecule has 3 aromatic rings. The summed E-state index contributed by atoms with van der Waals surface area (Å²) in [6.45, 7) is 0. The number of rotatable bonds is 5. The number of anilines is 1. The zero-order chi connectivity index (χ0) is 21.5. The molecule has 30 heavy (non-hydrogen) atoms. The molecule has 1 aliphatic heterocycles. The molecule has 0 aliphatic carbocycles. The maximum atomic E-state index is 13.1. The van der Waals surface area contributed by atoms with Crippen LogP contribution in [0.2, 0.25) is 5.02 Å². The van der Waals surface area contributed by atoms with Gasteiger partial charge in [-0.1, -0.05) is 29.8 Å². The molecule has 4 rings (SSSR count). The van der Waals surface area contributed by atoms with E-state index < -0.39 is 26.4 Å². The molecule has 0 radical (unpaired) electrons. The molecule has 11 heteroatoms. The molecule has 0 bridgehead atoms. The van der Waals surface area contributed by atoms with Crippen LogP contribution in [0.5, 0.6) is 0 Å². The van der Waals surface area contributed by atoms with Gasteiger partial charge < -0.3 is 5.32 Å². The number of hydrogen-bond acceptors (Lipinski definition) is 5. The fourth-order valence-corrected chi connectivity index (χ4v) is 5.26. The van der Waals surface area contributed by atoms with Crippen LogP contribution in [-0.2, 0) is 21.3 Å². The molecule has 0 atom stereocenters. The van der Waals surface area contributed by atoms with Gasteiger partial charge in [0.15, 0.2) is 0 Å². The Balaban J connectivity index is 1.77. The molecule has 2 heterocycles. The first-order valence-electron chi connectivity index (χ1n) is 8.66. The van der Waals surface area contributed by atoms with E-state index in [1.165, 1.54) is 22.9 Å². The minimum Gasteiger partial charge on any atom is -0.306 e. The van der Waals surface area contributed by atoms with Crippen molar-refractivity contribution in [3.63, 3.8) is 0 Å². The van der Waals surface area contributed by atoms with Crippen LogP contribution in [0.3, 0.4) is 0 Å². The molecule has 1 aliphatic rings. The molecule has 156 valence electrons. The molecule has 0 saturated heterocycles. The number of amides is 1. The van der Waals surface area contributed by atoms with Crippen LogP contribution in [0.1, 0.15) is 21.6 Å². The zero-order valence-electron chi connectivity index (χ0n) is 15.2. The van der Waals surface area contributed by atoms with E-state index in [9.17, 15) is 22.0 Å². The second-order valence-corrected chi connectivity index (χ2v) is 9.72. The third-order valence-corrected chi connectivity index (χ3v) is 7.15. The van der Waals surface area contributed by atoms with Gasteiger partial charge in [0.1, 0.15) is 5.82 Å². The summed E-state index contributed by atoms with van der Waals surface area (Å²) >= 11 is 7.69. The lowest BCUT2D eigenvalue weighted by Crippen LogP contribution is -2.21. The van der Waals surface area contributed by atoms with Crippen LogP contribution < -0.4 is 5.32 Å². The number of benzene rings is 2. The average molecular weight is 470 g/mol. The Morgan fingerprint density at radius 2 is 1.93 bits per heavy atom. The number of halogens is 3. The number of hydrogen-bond donors (Lipinski definition) is 1. The molecule has 0 spiro atoms. The first-order chi connectivity index (χ1) is 14.3. The number of alkyl halides is 2. The van der Waals surface area contributed by atoms with Gasteiger partial charge in [-0.3, -0.25) is 4.79 Å². The quantitative estimate of drug-likeness (QED) is 0.594. The number of thioether (sulfide) groups is 1. The standard InChI is InChI=1S/C19H14ClF2N3O3S2/c20-11-4-3-5-12(8-11)25-17(14-9-29-10-15(14)24-25)23-18(26)13-6-1-2-7-16(13)30(27,28)19(21)22/h1-8,19H,9-10H2,(H,23,26). The number of nitrogens with one attached hydrogen (secondary N) is 1. The van der Waals surface area contributed by atoms with Crippen molar-refractivity contribution < 1.29 is 22.0 Å². The summed E-state index contributed by atoms with van der Waals surface area (Å²) in [7, 11) is -4.95. The molecule has 1 N–H and O–H groups in total. The number of carbonyl (C=O) groups is 1. The summed E-state index contributed by atoms with van der Waals surface area (Å²) in [6.07, 6.45) is 0. The predicted octanol–water partition coefficient (Wildman–Crippen LogP) is 4.52. The topological polar surface area (TPSA) is 81.1 Å². The molecule has 0 fully saturated rings. The van der Waals surface area contributed by atoms with Gasteiger partial charge in [0.05, 0.1) is 21.8 Å². The lowest BCUT2D eigenvalue weighted by molar-refractivity contribution is 0.102. The third kappa shape index (κ3) is 3.70. The lowest BCUT2D eigenvalue weighted by atomic mass is 10.2. The summed E-state index contributed by atoms with van der Waals surface area (Å²) in [4.78, 5) is 12.2. The maximum Gasteiger partial charge on any atom is 0.341 e. The Hall–Kier alpha value is -2.43. The van der Waals surface area contributed by atoms with Crippen molar-refractivity contribution in [3.05, 3.63) is 70.4 Å². The number of fused-ring (bicyclic) bond motifs is 1. The number of carbonyl (C=O) groups excluding carboxylic acids is 1. The second-order valence-electron chi connectivity index (χ2n) is 6.41. The smallest absolute Gasteiger partial charge is 0.306 e. The largest absolute Gasteiger partial charge is 0.341 e. The van der Waals surface area contributed by atoms with E-state index >= 15 is 0 Å². The van der Waals surface area contributed by atoms with E-state index in [4.69, 9.17) is 11.6 Å². The molecule has 1 aromatic heterocycles. The Kier molecular flexibility index (Phi) is 5.56. The van der Waals surface area contributed by atoms with Crippen molar-refractivity contribution in [1.82, 2.24) is 9.78 Å². The van der Waals surface area contributed by atoms with E-state index in [1.807, 2.05) is 0 Å². The molecule has 0 unspecified atom stereocenters. The Morgan fingerprint density at radius 3 is 2.67 bits per heavy atom. The molecular formula is C19H14ClF2N3O3S2. The molecule has 0 saturated carbocycles. The Morgan fingerprint density at radius 1 is 1.17 bits per heavy atom. The van der Waals surface area contributed by atoms with Gasteiger partial charge in [-0.25, -0.2) is 13.1 Å². The maximum absolute atomic E-state index is 13.1. The van der Waals surface area contributed by atoms with Crippen molar-refractivity contribution in [2.75, 3.05) is 5.32 Å². The van der Waals surface area contributed by atoms with Gasteiger partial charge in [-0.05, 0) is 30.3 Å². The van der Waals surface area contributed by atoms with Crippen LogP contribution in [0.4, 0.5) is 14.6 Å². The van der Waals surface area contributed by atoms with Gasteiger partial charge in [0.2, 0.25) is 9.84 Å². The number of sulfone groups is 1.